The van der Waals surface area contributed by atoms with Crippen LogP contribution < -0.4 is 4.74 Å². The lowest BCUT2D eigenvalue weighted by atomic mass is 10.2. The molecule has 0 atom stereocenters. The molecule has 0 heterocycles. The van der Waals surface area contributed by atoms with Gasteiger partial charge in [-0.15, -0.1) is 0 Å². The average molecular weight is 229 g/mol. The van der Waals surface area contributed by atoms with Crippen molar-refractivity contribution < 1.29 is 9.84 Å². The van der Waals surface area contributed by atoms with E-state index >= 15 is 0 Å². The van der Waals surface area contributed by atoms with E-state index in [-0.39, 0.29) is 5.75 Å². The molecule has 0 aliphatic heterocycles. The average Bonchev–Trinajstić information content (AvgIpc) is 2.10. The van der Waals surface area contributed by atoms with Gasteiger partial charge in [-0.3, -0.25) is 0 Å². The van der Waals surface area contributed by atoms with Crippen molar-refractivity contribution in [2.45, 2.75) is 0 Å². The number of rotatable bonds is 2. The van der Waals surface area contributed by atoms with Crippen molar-refractivity contribution in [1.29, 1.82) is 0 Å². The molecule has 3 heteroatoms. The van der Waals surface area contributed by atoms with Crippen LogP contribution in [0, 0.1) is 0 Å². The van der Waals surface area contributed by atoms with Crippen molar-refractivity contribution in [2.24, 2.45) is 0 Å². The smallest absolute Gasteiger partial charge is 0.172 e. The van der Waals surface area contributed by atoms with Gasteiger partial charge in [-0.1, -0.05) is 12.7 Å². The van der Waals surface area contributed by atoms with Gasteiger partial charge in [0, 0.05) is 0 Å². The third-order valence-corrected chi connectivity index (χ3v) is 2.38. The maximum Gasteiger partial charge on any atom is 0.172 e. The molecule has 2 nitrogen and oxygen atoms in total. The van der Waals surface area contributed by atoms with Crippen molar-refractivity contribution in [3.8, 4) is 11.5 Å². The SMILES string of the molecule is C=Cc1ccc(OC)c(O)c1Br. The predicted octanol–water partition coefficient (Wildman–Crippen LogP) is 2.81. The molecular weight excluding hydrogens is 220 g/mol. The number of aromatic hydroxyl groups is 1. The summed E-state index contributed by atoms with van der Waals surface area (Å²) in [5, 5.41) is 9.49. The largest absolute Gasteiger partial charge is 0.503 e. The van der Waals surface area contributed by atoms with E-state index in [1.165, 1.54) is 7.11 Å². The molecule has 0 aromatic heterocycles. The standard InChI is InChI=1S/C9H9BrO2/c1-3-6-4-5-7(12-2)9(11)8(6)10/h3-5,11H,1H2,2H3. The predicted molar refractivity (Wildman–Crippen MR) is 52.4 cm³/mol. The summed E-state index contributed by atoms with van der Waals surface area (Å²) in [7, 11) is 1.51. The third kappa shape index (κ3) is 1.46. The number of methoxy groups -OCH3 is 1. The molecule has 64 valence electrons. The first-order chi connectivity index (χ1) is 5.70. The highest BCUT2D eigenvalue weighted by Gasteiger charge is 2.07. The first-order valence-corrected chi connectivity index (χ1v) is 4.18. The monoisotopic (exact) mass is 228 g/mol. The Morgan fingerprint density at radius 3 is 2.75 bits per heavy atom. The number of ether oxygens (including phenoxy) is 1. The summed E-state index contributed by atoms with van der Waals surface area (Å²) in [6, 6.07) is 3.51. The van der Waals surface area contributed by atoms with Gasteiger partial charge < -0.3 is 9.84 Å². The van der Waals surface area contributed by atoms with E-state index in [0.717, 1.165) is 5.56 Å². The Bertz CT molecular complexity index is 308. The number of halogens is 1. The van der Waals surface area contributed by atoms with Crippen molar-refractivity contribution in [1.82, 2.24) is 0 Å². The number of benzene rings is 1. The number of hydrogen-bond donors (Lipinski definition) is 1. The van der Waals surface area contributed by atoms with Crippen LogP contribution in [-0.2, 0) is 0 Å². The number of hydrogen-bond acceptors (Lipinski definition) is 2. The van der Waals surface area contributed by atoms with Crippen LogP contribution in [0.5, 0.6) is 11.5 Å². The maximum atomic E-state index is 9.49. The molecular formula is C9H9BrO2. The van der Waals surface area contributed by atoms with Crippen molar-refractivity contribution in [3.05, 3.63) is 28.7 Å². The molecule has 1 aromatic carbocycles. The van der Waals surface area contributed by atoms with E-state index in [9.17, 15) is 5.11 Å². The number of phenolic OH excluding ortho intramolecular Hbond substituents is 1. The van der Waals surface area contributed by atoms with E-state index < -0.39 is 0 Å². The van der Waals surface area contributed by atoms with E-state index in [1.807, 2.05) is 6.07 Å². The zero-order valence-corrected chi connectivity index (χ0v) is 8.26. The lowest BCUT2D eigenvalue weighted by Gasteiger charge is -2.06. The minimum absolute atomic E-state index is 0.106. The van der Waals surface area contributed by atoms with Crippen molar-refractivity contribution >= 4 is 22.0 Å². The minimum Gasteiger partial charge on any atom is -0.503 e. The minimum atomic E-state index is 0.106. The zero-order valence-electron chi connectivity index (χ0n) is 6.67. The van der Waals surface area contributed by atoms with Crippen LogP contribution in [0.4, 0.5) is 0 Å². The van der Waals surface area contributed by atoms with Gasteiger partial charge in [0.05, 0.1) is 11.6 Å². The normalized spacial score (nSPS) is 9.50. The fourth-order valence-electron chi connectivity index (χ4n) is 0.885. The van der Waals surface area contributed by atoms with E-state index in [2.05, 4.69) is 22.5 Å². The van der Waals surface area contributed by atoms with Gasteiger partial charge in [0.1, 0.15) is 0 Å². The lowest BCUT2D eigenvalue weighted by molar-refractivity contribution is 0.372. The molecule has 0 saturated carbocycles. The Morgan fingerprint density at radius 1 is 1.58 bits per heavy atom. The van der Waals surface area contributed by atoms with E-state index in [1.54, 1.807) is 12.1 Å². The Labute approximate surface area is 79.6 Å². The molecule has 0 radical (unpaired) electrons. The van der Waals surface area contributed by atoms with Gasteiger partial charge in [-0.25, -0.2) is 0 Å². The summed E-state index contributed by atoms with van der Waals surface area (Å²) in [5.74, 6) is 0.558. The molecule has 0 aliphatic carbocycles. The molecule has 1 N–H and O–H groups in total. The molecule has 0 aliphatic rings. The highest BCUT2D eigenvalue weighted by molar-refractivity contribution is 9.10. The van der Waals surface area contributed by atoms with Crippen LogP contribution in [0.25, 0.3) is 6.08 Å². The Balaban J connectivity index is 3.29. The van der Waals surface area contributed by atoms with Gasteiger partial charge >= 0.3 is 0 Å². The summed E-state index contributed by atoms with van der Waals surface area (Å²) in [6.45, 7) is 3.61. The molecule has 12 heavy (non-hydrogen) atoms. The maximum absolute atomic E-state index is 9.49. The summed E-state index contributed by atoms with van der Waals surface area (Å²) in [6.07, 6.45) is 1.66. The Kier molecular flexibility index (Phi) is 2.76. The molecule has 1 aromatic rings. The molecule has 0 spiro atoms. The topological polar surface area (TPSA) is 29.5 Å². The summed E-state index contributed by atoms with van der Waals surface area (Å²) >= 11 is 3.23. The highest BCUT2D eigenvalue weighted by Crippen LogP contribution is 2.36. The van der Waals surface area contributed by atoms with Crippen LogP contribution >= 0.6 is 15.9 Å². The lowest BCUT2D eigenvalue weighted by Crippen LogP contribution is -1.85. The Morgan fingerprint density at radius 2 is 2.25 bits per heavy atom. The number of phenols is 1. The van der Waals surface area contributed by atoms with Gasteiger partial charge in [0.25, 0.3) is 0 Å². The second-order valence-electron chi connectivity index (χ2n) is 2.22. The zero-order chi connectivity index (χ0) is 9.14. The van der Waals surface area contributed by atoms with Gasteiger partial charge in [0.15, 0.2) is 11.5 Å². The molecule has 0 amide bonds. The second-order valence-corrected chi connectivity index (χ2v) is 3.02. The molecule has 0 bridgehead atoms. The highest BCUT2D eigenvalue weighted by atomic mass is 79.9. The Hall–Kier alpha value is -0.960. The third-order valence-electron chi connectivity index (χ3n) is 1.55. The van der Waals surface area contributed by atoms with Crippen molar-refractivity contribution in [2.75, 3.05) is 7.11 Å². The van der Waals surface area contributed by atoms with Crippen LogP contribution in [-0.4, -0.2) is 12.2 Å². The van der Waals surface area contributed by atoms with Crippen LogP contribution in [0.3, 0.4) is 0 Å². The quantitative estimate of drug-likeness (QED) is 0.844. The first-order valence-electron chi connectivity index (χ1n) is 3.38. The molecule has 1 rings (SSSR count). The summed E-state index contributed by atoms with van der Waals surface area (Å²) < 4.78 is 5.52. The van der Waals surface area contributed by atoms with Gasteiger partial charge in [-0.05, 0) is 33.6 Å². The second kappa shape index (κ2) is 3.63. The van der Waals surface area contributed by atoms with E-state index in [0.29, 0.717) is 10.2 Å². The molecule has 0 fully saturated rings. The van der Waals surface area contributed by atoms with Crippen LogP contribution in [0.2, 0.25) is 0 Å². The van der Waals surface area contributed by atoms with E-state index in [4.69, 9.17) is 4.74 Å². The molecule has 0 unspecified atom stereocenters. The fraction of sp³-hybridized carbons (Fsp3) is 0.111. The molecule has 0 saturated heterocycles. The van der Waals surface area contributed by atoms with Crippen molar-refractivity contribution in [3.63, 3.8) is 0 Å². The fourth-order valence-corrected chi connectivity index (χ4v) is 1.37. The summed E-state index contributed by atoms with van der Waals surface area (Å²) in [4.78, 5) is 0. The van der Waals surface area contributed by atoms with Gasteiger partial charge in [0.2, 0.25) is 0 Å². The summed E-state index contributed by atoms with van der Waals surface area (Å²) in [5.41, 5.74) is 0.841. The first kappa shape index (κ1) is 9.13. The van der Waals surface area contributed by atoms with Crippen LogP contribution in [0.15, 0.2) is 23.2 Å². The van der Waals surface area contributed by atoms with Gasteiger partial charge in [-0.2, -0.15) is 0 Å². The van der Waals surface area contributed by atoms with Crippen LogP contribution in [0.1, 0.15) is 5.56 Å².